The molecule has 0 amide bonds. The number of nitro groups is 1. The van der Waals surface area contributed by atoms with Crippen LogP contribution in [-0.4, -0.2) is 36.1 Å². The summed E-state index contributed by atoms with van der Waals surface area (Å²) in [5, 5.41) is 11.1. The molecule has 0 spiro atoms. The van der Waals surface area contributed by atoms with Gasteiger partial charge in [-0.25, -0.2) is 0 Å². The number of nitro benzene ring substituents is 1. The van der Waals surface area contributed by atoms with E-state index in [9.17, 15) is 10.1 Å². The summed E-state index contributed by atoms with van der Waals surface area (Å²) < 4.78 is 5.45. The van der Waals surface area contributed by atoms with Crippen LogP contribution in [-0.2, 0) is 4.74 Å². The molecule has 2 aliphatic rings. The van der Waals surface area contributed by atoms with Crippen molar-refractivity contribution in [2.75, 3.05) is 26.3 Å². The number of rotatable bonds is 2. The first-order chi connectivity index (χ1) is 10.8. The van der Waals surface area contributed by atoms with Crippen LogP contribution >= 0.6 is 0 Å². The van der Waals surface area contributed by atoms with E-state index in [1.807, 2.05) is 18.2 Å². The predicted molar refractivity (Wildman–Crippen MR) is 82.8 cm³/mol. The van der Waals surface area contributed by atoms with Gasteiger partial charge >= 0.3 is 0 Å². The second kappa shape index (κ2) is 5.19. The van der Waals surface area contributed by atoms with Gasteiger partial charge in [-0.15, -0.1) is 0 Å². The van der Waals surface area contributed by atoms with Crippen LogP contribution in [0.15, 0.2) is 42.5 Å². The molecule has 2 aromatic rings. The Morgan fingerprint density at radius 1 is 1.05 bits per heavy atom. The van der Waals surface area contributed by atoms with Gasteiger partial charge in [-0.05, 0) is 28.3 Å². The van der Waals surface area contributed by atoms with Crippen LogP contribution in [0.2, 0.25) is 0 Å². The molecule has 1 fully saturated rings. The Bertz CT molecular complexity index is 738. The summed E-state index contributed by atoms with van der Waals surface area (Å²) in [5.41, 5.74) is 4.73. The van der Waals surface area contributed by atoms with Gasteiger partial charge in [0.25, 0.3) is 5.69 Å². The van der Waals surface area contributed by atoms with E-state index in [1.165, 1.54) is 11.1 Å². The maximum absolute atomic E-state index is 11.1. The maximum Gasteiger partial charge on any atom is 0.269 e. The third-order valence-electron chi connectivity index (χ3n) is 4.50. The molecule has 5 heteroatoms. The lowest BCUT2D eigenvalue weighted by Gasteiger charge is -2.33. The smallest absolute Gasteiger partial charge is 0.269 e. The highest BCUT2D eigenvalue weighted by Gasteiger charge is 2.34. The topological polar surface area (TPSA) is 55.6 Å². The molecule has 22 heavy (non-hydrogen) atoms. The highest BCUT2D eigenvalue weighted by atomic mass is 16.6. The molecule has 0 N–H and O–H groups in total. The minimum Gasteiger partial charge on any atom is -0.379 e. The third kappa shape index (κ3) is 2.01. The van der Waals surface area contributed by atoms with Crippen molar-refractivity contribution >= 4 is 5.69 Å². The average molecular weight is 296 g/mol. The zero-order chi connectivity index (χ0) is 15.1. The summed E-state index contributed by atoms with van der Waals surface area (Å²) in [6, 6.07) is 13.6. The maximum atomic E-state index is 11.1. The van der Waals surface area contributed by atoms with Gasteiger partial charge in [0.15, 0.2) is 0 Å². The summed E-state index contributed by atoms with van der Waals surface area (Å²) >= 11 is 0. The van der Waals surface area contributed by atoms with Crippen molar-refractivity contribution in [2.45, 2.75) is 6.04 Å². The molecule has 1 heterocycles. The van der Waals surface area contributed by atoms with E-state index in [4.69, 9.17) is 4.74 Å². The van der Waals surface area contributed by atoms with Crippen molar-refractivity contribution in [2.24, 2.45) is 0 Å². The fraction of sp³-hybridized carbons (Fsp3) is 0.294. The first-order valence-corrected chi connectivity index (χ1v) is 7.45. The minimum absolute atomic E-state index is 0.0926. The summed E-state index contributed by atoms with van der Waals surface area (Å²) in [6.45, 7) is 3.12. The molecule has 0 aromatic heterocycles. The molecule has 2 aromatic carbocycles. The quantitative estimate of drug-likeness (QED) is 0.631. The molecule has 0 bridgehead atoms. The Labute approximate surface area is 128 Å². The molecule has 5 nitrogen and oxygen atoms in total. The number of ether oxygens (including phenoxy) is 1. The number of benzene rings is 2. The molecule has 1 saturated heterocycles. The number of fused-ring (bicyclic) bond motifs is 3. The van der Waals surface area contributed by atoms with Crippen molar-refractivity contribution in [3.05, 3.63) is 63.7 Å². The molecule has 0 radical (unpaired) electrons. The number of hydrogen-bond donors (Lipinski definition) is 0. The van der Waals surface area contributed by atoms with Gasteiger partial charge in [0.05, 0.1) is 24.2 Å². The van der Waals surface area contributed by atoms with Crippen molar-refractivity contribution < 1.29 is 9.66 Å². The monoisotopic (exact) mass is 296 g/mol. The van der Waals surface area contributed by atoms with Gasteiger partial charge in [-0.2, -0.15) is 0 Å². The van der Waals surface area contributed by atoms with Crippen LogP contribution in [0.4, 0.5) is 5.69 Å². The highest BCUT2D eigenvalue weighted by Crippen LogP contribution is 2.47. The minimum atomic E-state index is -0.320. The van der Waals surface area contributed by atoms with Gasteiger partial charge in [-0.3, -0.25) is 15.0 Å². The van der Waals surface area contributed by atoms with Crippen LogP contribution in [0.3, 0.4) is 0 Å². The van der Waals surface area contributed by atoms with Gasteiger partial charge in [0.2, 0.25) is 0 Å². The van der Waals surface area contributed by atoms with Crippen molar-refractivity contribution in [1.29, 1.82) is 0 Å². The van der Waals surface area contributed by atoms with Gasteiger partial charge in [0, 0.05) is 25.2 Å². The Kier molecular flexibility index (Phi) is 3.17. The van der Waals surface area contributed by atoms with E-state index in [0.717, 1.165) is 24.2 Å². The van der Waals surface area contributed by atoms with Gasteiger partial charge in [-0.1, -0.05) is 24.3 Å². The Balaban J connectivity index is 1.87. The summed E-state index contributed by atoms with van der Waals surface area (Å²) in [6.07, 6.45) is 0. The normalized spacial score (nSPS) is 20.5. The first kappa shape index (κ1) is 13.4. The highest BCUT2D eigenvalue weighted by molar-refractivity contribution is 5.79. The second-order valence-electron chi connectivity index (χ2n) is 5.67. The molecule has 4 rings (SSSR count). The lowest BCUT2D eigenvalue weighted by molar-refractivity contribution is -0.384. The fourth-order valence-corrected chi connectivity index (χ4v) is 3.51. The van der Waals surface area contributed by atoms with E-state index >= 15 is 0 Å². The third-order valence-corrected chi connectivity index (χ3v) is 4.50. The lowest BCUT2D eigenvalue weighted by Crippen LogP contribution is -2.38. The molecule has 112 valence electrons. The van der Waals surface area contributed by atoms with Gasteiger partial charge < -0.3 is 4.74 Å². The standard InChI is InChI=1S/C17H16N2O3/c20-19(21)12-5-6-14-13-3-1-2-4-15(13)17(16(14)11-12)18-7-9-22-10-8-18/h1-6,11,17H,7-10H2/t17-/m0/s1. The summed E-state index contributed by atoms with van der Waals surface area (Å²) in [4.78, 5) is 13.2. The number of hydrogen-bond acceptors (Lipinski definition) is 4. The number of nitrogens with zero attached hydrogens (tertiary/aromatic N) is 2. The van der Waals surface area contributed by atoms with E-state index in [-0.39, 0.29) is 16.7 Å². The predicted octanol–water partition coefficient (Wildman–Crippen LogP) is 3.00. The second-order valence-corrected chi connectivity index (χ2v) is 5.67. The van der Waals surface area contributed by atoms with E-state index in [2.05, 4.69) is 17.0 Å². The van der Waals surface area contributed by atoms with Crippen molar-refractivity contribution in [1.82, 2.24) is 4.90 Å². The van der Waals surface area contributed by atoms with Crippen molar-refractivity contribution in [3.63, 3.8) is 0 Å². The summed E-state index contributed by atoms with van der Waals surface area (Å²) in [7, 11) is 0. The molecular formula is C17H16N2O3. The van der Waals surface area contributed by atoms with Gasteiger partial charge in [0.1, 0.15) is 0 Å². The van der Waals surface area contributed by atoms with E-state index in [0.29, 0.717) is 13.2 Å². The Morgan fingerprint density at radius 2 is 1.77 bits per heavy atom. The SMILES string of the molecule is O=[N+]([O-])c1ccc2c(c1)[C@@H](N1CCOCC1)c1ccccc1-2. The lowest BCUT2D eigenvalue weighted by atomic mass is 10.0. The zero-order valence-electron chi connectivity index (χ0n) is 12.1. The van der Waals surface area contributed by atoms with Crippen molar-refractivity contribution in [3.8, 4) is 11.1 Å². The molecule has 0 unspecified atom stereocenters. The first-order valence-electron chi connectivity index (χ1n) is 7.45. The van der Waals surface area contributed by atoms with E-state index < -0.39 is 0 Å². The number of morpholine rings is 1. The Morgan fingerprint density at radius 3 is 2.55 bits per heavy atom. The molecule has 1 aliphatic carbocycles. The van der Waals surface area contributed by atoms with E-state index in [1.54, 1.807) is 12.1 Å². The van der Waals surface area contributed by atoms with Crippen LogP contribution in [0, 0.1) is 10.1 Å². The van der Waals surface area contributed by atoms with Crippen LogP contribution < -0.4 is 0 Å². The molecule has 0 saturated carbocycles. The fourth-order valence-electron chi connectivity index (χ4n) is 3.51. The molecule has 1 atom stereocenters. The van der Waals surface area contributed by atoms with Crippen LogP contribution in [0.1, 0.15) is 17.2 Å². The number of non-ortho nitro benzene ring substituents is 1. The average Bonchev–Trinajstić information content (AvgIpc) is 2.89. The summed E-state index contributed by atoms with van der Waals surface area (Å²) in [5.74, 6) is 0. The molecule has 1 aliphatic heterocycles. The van der Waals surface area contributed by atoms with Crippen LogP contribution in [0.5, 0.6) is 0 Å². The largest absolute Gasteiger partial charge is 0.379 e. The molecular weight excluding hydrogens is 280 g/mol. The van der Waals surface area contributed by atoms with Crippen LogP contribution in [0.25, 0.3) is 11.1 Å². The zero-order valence-corrected chi connectivity index (χ0v) is 12.1. The Hall–Kier alpha value is -2.24.